The van der Waals surface area contributed by atoms with Crippen LogP contribution in [0.15, 0.2) is 60.8 Å². The molecule has 1 fully saturated rings. The second-order valence-corrected chi connectivity index (χ2v) is 7.71. The van der Waals surface area contributed by atoms with Gasteiger partial charge in [-0.3, -0.25) is 5.10 Å². The Labute approximate surface area is 177 Å². The number of aromatic amines is 2. The predicted molar refractivity (Wildman–Crippen MR) is 120 cm³/mol. The summed E-state index contributed by atoms with van der Waals surface area (Å²) in [7, 11) is 0. The summed E-state index contributed by atoms with van der Waals surface area (Å²) >= 11 is 0. The fraction of sp³-hybridized carbons (Fsp3) is 0.174. The van der Waals surface area contributed by atoms with Gasteiger partial charge in [-0.2, -0.15) is 5.10 Å². The van der Waals surface area contributed by atoms with Crippen LogP contribution in [0.3, 0.4) is 0 Å². The Morgan fingerprint density at radius 3 is 2.58 bits per heavy atom. The summed E-state index contributed by atoms with van der Waals surface area (Å²) in [6, 6.07) is 16.8. The average Bonchev–Trinajstić information content (AvgIpc) is 3.42. The standard InChI is InChI=1S/C23H20FN7/c24-15-4-6-18-17(13-15)22(29-28-18)23-26-19-7-5-16(14-20(19)27-23)30-9-11-31(12-10-30)21-3-1-2-8-25-21/h1-8,13-14H,9-12H2,(H,26,27)(H,28,29). The quantitative estimate of drug-likeness (QED) is 0.468. The number of nitrogens with one attached hydrogen (secondary N) is 2. The smallest absolute Gasteiger partial charge is 0.159 e. The topological polar surface area (TPSA) is 76.7 Å². The number of H-pyrrole nitrogens is 2. The number of pyridine rings is 1. The van der Waals surface area contributed by atoms with Crippen LogP contribution in [0.4, 0.5) is 15.9 Å². The Hall–Kier alpha value is -3.94. The third kappa shape index (κ3) is 3.16. The molecule has 0 spiro atoms. The highest BCUT2D eigenvalue weighted by Gasteiger charge is 2.19. The summed E-state index contributed by atoms with van der Waals surface area (Å²) in [6.45, 7) is 3.70. The number of halogens is 1. The lowest BCUT2D eigenvalue weighted by Gasteiger charge is -2.36. The second kappa shape index (κ2) is 7.09. The zero-order valence-electron chi connectivity index (χ0n) is 16.7. The molecule has 3 aromatic heterocycles. The van der Waals surface area contributed by atoms with Crippen molar-refractivity contribution in [2.24, 2.45) is 0 Å². The number of benzene rings is 2. The Balaban J connectivity index is 1.27. The molecule has 2 N–H and O–H groups in total. The average molecular weight is 413 g/mol. The Morgan fingerprint density at radius 1 is 0.871 bits per heavy atom. The minimum Gasteiger partial charge on any atom is -0.368 e. The first-order valence-corrected chi connectivity index (χ1v) is 10.3. The Morgan fingerprint density at radius 2 is 1.74 bits per heavy atom. The van der Waals surface area contributed by atoms with Gasteiger partial charge in [0.05, 0.1) is 16.6 Å². The Kier molecular flexibility index (Phi) is 4.09. The molecular formula is C23H20FN7. The molecule has 7 nitrogen and oxygen atoms in total. The van der Waals surface area contributed by atoms with Gasteiger partial charge in [0.25, 0.3) is 0 Å². The monoisotopic (exact) mass is 413 g/mol. The van der Waals surface area contributed by atoms with Crippen molar-refractivity contribution in [1.29, 1.82) is 0 Å². The number of piperazine rings is 1. The van der Waals surface area contributed by atoms with E-state index in [1.54, 1.807) is 6.07 Å². The van der Waals surface area contributed by atoms with Crippen molar-refractivity contribution in [3.8, 4) is 11.5 Å². The van der Waals surface area contributed by atoms with Crippen molar-refractivity contribution in [1.82, 2.24) is 25.1 Å². The lowest BCUT2D eigenvalue weighted by atomic mass is 10.2. The molecule has 8 heteroatoms. The van der Waals surface area contributed by atoms with E-state index < -0.39 is 0 Å². The largest absolute Gasteiger partial charge is 0.368 e. The van der Waals surface area contributed by atoms with Crippen LogP contribution in [0, 0.1) is 5.82 Å². The maximum Gasteiger partial charge on any atom is 0.159 e. The molecule has 1 saturated heterocycles. The van der Waals surface area contributed by atoms with Crippen molar-refractivity contribution >= 4 is 33.4 Å². The number of fused-ring (bicyclic) bond motifs is 2. The molecule has 5 aromatic rings. The molecule has 1 aliphatic heterocycles. The van der Waals surface area contributed by atoms with E-state index in [9.17, 15) is 4.39 Å². The second-order valence-electron chi connectivity index (χ2n) is 7.71. The SMILES string of the molecule is Fc1ccc2[nH]nc(-c3nc4ccc(N5CCN(c6ccccn6)CC5)cc4[nH]3)c2c1. The molecule has 0 saturated carbocycles. The van der Waals surface area contributed by atoms with Crippen LogP contribution in [0.25, 0.3) is 33.5 Å². The van der Waals surface area contributed by atoms with Gasteiger partial charge in [-0.05, 0) is 48.5 Å². The fourth-order valence-electron chi connectivity index (χ4n) is 4.21. The molecule has 0 radical (unpaired) electrons. The van der Waals surface area contributed by atoms with Gasteiger partial charge in [0.15, 0.2) is 5.82 Å². The van der Waals surface area contributed by atoms with Crippen LogP contribution >= 0.6 is 0 Å². The highest BCUT2D eigenvalue weighted by Crippen LogP contribution is 2.29. The number of aromatic nitrogens is 5. The molecule has 2 aromatic carbocycles. The normalized spacial score (nSPS) is 14.6. The molecule has 6 rings (SSSR count). The highest BCUT2D eigenvalue weighted by atomic mass is 19.1. The van der Waals surface area contributed by atoms with Gasteiger partial charge in [-0.25, -0.2) is 14.4 Å². The van der Waals surface area contributed by atoms with E-state index in [0.717, 1.165) is 54.2 Å². The van der Waals surface area contributed by atoms with E-state index in [2.05, 4.69) is 53.1 Å². The zero-order chi connectivity index (χ0) is 20.8. The zero-order valence-corrected chi connectivity index (χ0v) is 16.7. The van der Waals surface area contributed by atoms with E-state index in [0.29, 0.717) is 16.9 Å². The number of hydrogen-bond donors (Lipinski definition) is 2. The first-order chi connectivity index (χ1) is 15.2. The lowest BCUT2D eigenvalue weighted by Crippen LogP contribution is -2.46. The number of imidazole rings is 1. The Bertz CT molecular complexity index is 1370. The number of hydrogen-bond acceptors (Lipinski definition) is 5. The summed E-state index contributed by atoms with van der Waals surface area (Å²) in [5, 5.41) is 8.00. The maximum atomic E-state index is 13.7. The molecule has 0 unspecified atom stereocenters. The van der Waals surface area contributed by atoms with E-state index in [1.807, 2.05) is 24.4 Å². The van der Waals surface area contributed by atoms with E-state index >= 15 is 0 Å². The molecule has 0 aliphatic carbocycles. The van der Waals surface area contributed by atoms with Gasteiger partial charge in [0, 0.05) is 43.4 Å². The van der Waals surface area contributed by atoms with Gasteiger partial charge < -0.3 is 14.8 Å². The molecule has 154 valence electrons. The van der Waals surface area contributed by atoms with Gasteiger partial charge in [-0.15, -0.1) is 0 Å². The van der Waals surface area contributed by atoms with Crippen molar-refractivity contribution in [2.75, 3.05) is 36.0 Å². The molecule has 4 heterocycles. The van der Waals surface area contributed by atoms with Gasteiger partial charge in [-0.1, -0.05) is 6.07 Å². The van der Waals surface area contributed by atoms with Crippen molar-refractivity contribution in [3.05, 3.63) is 66.6 Å². The maximum absolute atomic E-state index is 13.7. The van der Waals surface area contributed by atoms with Crippen LogP contribution in [0.1, 0.15) is 0 Å². The van der Waals surface area contributed by atoms with E-state index in [1.165, 1.54) is 12.1 Å². The van der Waals surface area contributed by atoms with Crippen LogP contribution in [0.5, 0.6) is 0 Å². The predicted octanol–water partition coefficient (Wildman–Crippen LogP) is 3.97. The molecule has 1 aliphatic rings. The summed E-state index contributed by atoms with van der Waals surface area (Å²) in [5.41, 5.74) is 4.35. The minimum absolute atomic E-state index is 0.293. The van der Waals surface area contributed by atoms with Crippen molar-refractivity contribution < 1.29 is 4.39 Å². The van der Waals surface area contributed by atoms with Crippen LogP contribution < -0.4 is 9.80 Å². The molecule has 31 heavy (non-hydrogen) atoms. The van der Waals surface area contributed by atoms with Gasteiger partial charge >= 0.3 is 0 Å². The molecule has 0 bridgehead atoms. The fourth-order valence-corrected chi connectivity index (χ4v) is 4.21. The van der Waals surface area contributed by atoms with Crippen molar-refractivity contribution in [3.63, 3.8) is 0 Å². The van der Waals surface area contributed by atoms with E-state index in [-0.39, 0.29) is 5.82 Å². The summed E-state index contributed by atoms with van der Waals surface area (Å²) in [6.07, 6.45) is 1.84. The van der Waals surface area contributed by atoms with Gasteiger partial charge in [0.2, 0.25) is 0 Å². The summed E-state index contributed by atoms with van der Waals surface area (Å²) in [4.78, 5) is 17.2. The number of anilines is 2. The number of rotatable bonds is 3. The number of nitrogens with zero attached hydrogens (tertiary/aromatic N) is 5. The molecular weight excluding hydrogens is 393 g/mol. The van der Waals surface area contributed by atoms with E-state index in [4.69, 9.17) is 0 Å². The molecule has 0 amide bonds. The highest BCUT2D eigenvalue weighted by molar-refractivity contribution is 5.93. The summed E-state index contributed by atoms with van der Waals surface area (Å²) in [5.74, 6) is 1.36. The third-order valence-electron chi connectivity index (χ3n) is 5.83. The molecule has 0 atom stereocenters. The minimum atomic E-state index is -0.293. The third-order valence-corrected chi connectivity index (χ3v) is 5.83. The van der Waals surface area contributed by atoms with Gasteiger partial charge in [0.1, 0.15) is 17.3 Å². The van der Waals surface area contributed by atoms with Crippen LogP contribution in [-0.2, 0) is 0 Å². The first-order valence-electron chi connectivity index (χ1n) is 10.3. The lowest BCUT2D eigenvalue weighted by molar-refractivity contribution is 0.630. The summed E-state index contributed by atoms with van der Waals surface area (Å²) < 4.78 is 13.7. The van der Waals surface area contributed by atoms with Crippen LogP contribution in [-0.4, -0.2) is 51.3 Å². The van der Waals surface area contributed by atoms with Crippen LogP contribution in [0.2, 0.25) is 0 Å². The van der Waals surface area contributed by atoms with Crippen molar-refractivity contribution in [2.45, 2.75) is 0 Å². The first kappa shape index (κ1) is 17.9.